The van der Waals surface area contributed by atoms with Crippen molar-refractivity contribution in [3.8, 4) is 28.4 Å². The number of aromatic hydroxyl groups is 1. The van der Waals surface area contributed by atoms with Crippen molar-refractivity contribution < 1.29 is 14.6 Å². The Hall–Kier alpha value is -1.87. The highest BCUT2D eigenvalue weighted by molar-refractivity contribution is 6.32. The molecule has 0 aliphatic carbocycles. The largest absolute Gasteiger partial charge is 0.506 e. The second kappa shape index (κ2) is 5.02. The van der Waals surface area contributed by atoms with Crippen molar-refractivity contribution in [2.45, 2.75) is 6.42 Å². The molecule has 2 aromatic carbocycles. The van der Waals surface area contributed by atoms with Crippen LogP contribution in [0.15, 0.2) is 36.4 Å². The summed E-state index contributed by atoms with van der Waals surface area (Å²) in [5.41, 5.74) is 1.84. The summed E-state index contributed by atoms with van der Waals surface area (Å²) < 4.78 is 11.2. The van der Waals surface area contributed by atoms with E-state index in [2.05, 4.69) is 0 Å². The molecule has 1 aliphatic rings. The fourth-order valence-electron chi connectivity index (χ4n) is 2.04. The average Bonchev–Trinajstić information content (AvgIpc) is 2.66. The van der Waals surface area contributed by atoms with Crippen molar-refractivity contribution in [1.29, 1.82) is 0 Å². The summed E-state index contributed by atoms with van der Waals surface area (Å²) >= 11 is 5.81. The lowest BCUT2D eigenvalue weighted by molar-refractivity contribution is 0.297. The van der Waals surface area contributed by atoms with Crippen LogP contribution in [-0.2, 0) is 0 Å². The first-order valence-electron chi connectivity index (χ1n) is 6.12. The summed E-state index contributed by atoms with van der Waals surface area (Å²) in [4.78, 5) is 0. The third-order valence-corrected chi connectivity index (χ3v) is 3.35. The van der Waals surface area contributed by atoms with Gasteiger partial charge in [-0.15, -0.1) is 0 Å². The number of fused-ring (bicyclic) bond motifs is 1. The van der Waals surface area contributed by atoms with Gasteiger partial charge in [0.25, 0.3) is 0 Å². The Balaban J connectivity index is 2.01. The number of benzene rings is 2. The third kappa shape index (κ3) is 2.47. The molecule has 0 saturated carbocycles. The van der Waals surface area contributed by atoms with Gasteiger partial charge in [0.15, 0.2) is 11.5 Å². The van der Waals surface area contributed by atoms with Crippen LogP contribution in [-0.4, -0.2) is 18.3 Å². The normalized spacial score (nSPS) is 13.9. The molecule has 0 unspecified atom stereocenters. The molecule has 0 spiro atoms. The monoisotopic (exact) mass is 276 g/mol. The average molecular weight is 277 g/mol. The number of hydrogen-bond acceptors (Lipinski definition) is 3. The van der Waals surface area contributed by atoms with Gasteiger partial charge in [0.05, 0.1) is 18.2 Å². The van der Waals surface area contributed by atoms with Crippen molar-refractivity contribution in [2.75, 3.05) is 13.2 Å². The van der Waals surface area contributed by atoms with E-state index in [1.807, 2.05) is 24.3 Å². The highest BCUT2D eigenvalue weighted by atomic mass is 35.5. The minimum Gasteiger partial charge on any atom is -0.506 e. The first-order chi connectivity index (χ1) is 9.24. The van der Waals surface area contributed by atoms with Crippen LogP contribution in [0.2, 0.25) is 5.02 Å². The third-order valence-electron chi connectivity index (χ3n) is 3.03. The Morgan fingerprint density at radius 3 is 2.37 bits per heavy atom. The Labute approximate surface area is 116 Å². The standard InChI is InChI=1S/C15H13ClO3/c16-12-4-2-10(8-13(12)17)11-3-5-14-15(9-11)19-7-1-6-18-14/h2-5,8-9,17H,1,6-7H2. The summed E-state index contributed by atoms with van der Waals surface area (Å²) in [6, 6.07) is 10.9. The predicted octanol–water partition coefficient (Wildman–Crippen LogP) is 3.87. The van der Waals surface area contributed by atoms with Crippen molar-refractivity contribution in [3.63, 3.8) is 0 Å². The zero-order valence-electron chi connectivity index (χ0n) is 10.2. The van der Waals surface area contributed by atoms with Crippen molar-refractivity contribution in [2.24, 2.45) is 0 Å². The topological polar surface area (TPSA) is 38.7 Å². The Morgan fingerprint density at radius 2 is 1.58 bits per heavy atom. The van der Waals surface area contributed by atoms with Crippen molar-refractivity contribution >= 4 is 11.6 Å². The van der Waals surface area contributed by atoms with Crippen LogP contribution >= 0.6 is 11.6 Å². The maximum absolute atomic E-state index is 9.66. The Kier molecular flexibility index (Phi) is 3.22. The van der Waals surface area contributed by atoms with Gasteiger partial charge in [-0.05, 0) is 35.4 Å². The lowest BCUT2D eigenvalue weighted by atomic mass is 10.0. The smallest absolute Gasteiger partial charge is 0.161 e. The zero-order chi connectivity index (χ0) is 13.2. The molecular formula is C15H13ClO3. The van der Waals surface area contributed by atoms with E-state index in [9.17, 15) is 5.11 Å². The number of phenols is 1. The molecule has 0 bridgehead atoms. The van der Waals surface area contributed by atoms with Crippen LogP contribution in [0.5, 0.6) is 17.2 Å². The Morgan fingerprint density at radius 1 is 0.895 bits per heavy atom. The molecule has 4 heteroatoms. The molecule has 0 fully saturated rings. The molecule has 98 valence electrons. The summed E-state index contributed by atoms with van der Waals surface area (Å²) in [6.07, 6.45) is 0.881. The van der Waals surface area contributed by atoms with E-state index in [1.165, 1.54) is 0 Å². The number of rotatable bonds is 1. The van der Waals surface area contributed by atoms with E-state index < -0.39 is 0 Å². The lowest BCUT2D eigenvalue weighted by Crippen LogP contribution is -1.97. The van der Waals surface area contributed by atoms with Gasteiger partial charge in [-0.2, -0.15) is 0 Å². The molecule has 0 radical (unpaired) electrons. The zero-order valence-corrected chi connectivity index (χ0v) is 11.0. The summed E-state index contributed by atoms with van der Waals surface area (Å²) in [7, 11) is 0. The van der Waals surface area contributed by atoms with E-state index in [4.69, 9.17) is 21.1 Å². The van der Waals surface area contributed by atoms with Gasteiger partial charge in [0.2, 0.25) is 0 Å². The van der Waals surface area contributed by atoms with E-state index in [0.29, 0.717) is 18.2 Å². The van der Waals surface area contributed by atoms with Gasteiger partial charge in [0, 0.05) is 6.42 Å². The van der Waals surface area contributed by atoms with Gasteiger partial charge >= 0.3 is 0 Å². The molecule has 2 aromatic rings. The molecule has 0 amide bonds. The molecule has 1 N–H and O–H groups in total. The Bertz CT molecular complexity index is 610. The van der Waals surface area contributed by atoms with Gasteiger partial charge in [-0.25, -0.2) is 0 Å². The first-order valence-corrected chi connectivity index (χ1v) is 6.50. The second-order valence-electron chi connectivity index (χ2n) is 4.38. The van der Waals surface area contributed by atoms with Crippen LogP contribution in [0.1, 0.15) is 6.42 Å². The van der Waals surface area contributed by atoms with Crippen molar-refractivity contribution in [3.05, 3.63) is 41.4 Å². The fourth-order valence-corrected chi connectivity index (χ4v) is 2.15. The highest BCUT2D eigenvalue weighted by Gasteiger charge is 2.12. The minimum atomic E-state index is 0.0753. The highest BCUT2D eigenvalue weighted by Crippen LogP contribution is 2.36. The predicted molar refractivity (Wildman–Crippen MR) is 74.2 cm³/mol. The fraction of sp³-hybridized carbons (Fsp3) is 0.200. The molecule has 3 rings (SSSR count). The molecule has 1 heterocycles. The lowest BCUT2D eigenvalue weighted by Gasteiger charge is -2.10. The number of hydrogen-bond donors (Lipinski definition) is 1. The van der Waals surface area contributed by atoms with E-state index >= 15 is 0 Å². The molecule has 0 atom stereocenters. The quantitative estimate of drug-likeness (QED) is 0.859. The van der Waals surface area contributed by atoms with Gasteiger partial charge in [0.1, 0.15) is 5.75 Å². The van der Waals surface area contributed by atoms with Crippen LogP contribution in [0.4, 0.5) is 0 Å². The second-order valence-corrected chi connectivity index (χ2v) is 4.79. The van der Waals surface area contributed by atoms with Crippen LogP contribution in [0.25, 0.3) is 11.1 Å². The number of halogens is 1. The number of phenolic OH excluding ortho intramolecular Hbond substituents is 1. The molecule has 19 heavy (non-hydrogen) atoms. The van der Waals surface area contributed by atoms with Crippen LogP contribution < -0.4 is 9.47 Å². The van der Waals surface area contributed by atoms with Gasteiger partial charge in [-0.3, -0.25) is 0 Å². The minimum absolute atomic E-state index is 0.0753. The van der Waals surface area contributed by atoms with E-state index in [-0.39, 0.29) is 5.75 Å². The van der Waals surface area contributed by atoms with Crippen LogP contribution in [0, 0.1) is 0 Å². The molecule has 3 nitrogen and oxygen atoms in total. The van der Waals surface area contributed by atoms with Gasteiger partial charge < -0.3 is 14.6 Å². The number of ether oxygens (including phenoxy) is 2. The molecular weight excluding hydrogens is 264 g/mol. The van der Waals surface area contributed by atoms with Gasteiger partial charge in [-0.1, -0.05) is 23.7 Å². The SMILES string of the molecule is Oc1cc(-c2ccc3c(c2)OCCCO3)ccc1Cl. The molecule has 1 aliphatic heterocycles. The maximum atomic E-state index is 9.66. The van der Waals surface area contributed by atoms with E-state index in [0.717, 1.165) is 29.0 Å². The van der Waals surface area contributed by atoms with Crippen molar-refractivity contribution in [1.82, 2.24) is 0 Å². The maximum Gasteiger partial charge on any atom is 0.161 e. The van der Waals surface area contributed by atoms with E-state index in [1.54, 1.807) is 12.1 Å². The summed E-state index contributed by atoms with van der Waals surface area (Å²) in [5.74, 6) is 1.58. The first kappa shape index (κ1) is 12.2. The van der Waals surface area contributed by atoms with Crippen LogP contribution in [0.3, 0.4) is 0 Å². The summed E-state index contributed by atoms with van der Waals surface area (Å²) in [6.45, 7) is 1.33. The molecule has 0 aromatic heterocycles. The summed E-state index contributed by atoms with van der Waals surface area (Å²) in [5, 5.41) is 10.0. The molecule has 0 saturated heterocycles.